The molecule has 5 rings (SSSR count). The van der Waals surface area contributed by atoms with Crippen LogP contribution in [-0.4, -0.2) is 50.4 Å². The summed E-state index contributed by atoms with van der Waals surface area (Å²) in [6, 6.07) is 25.6. The highest BCUT2D eigenvalue weighted by molar-refractivity contribution is 6.30. The number of benzene rings is 3. The summed E-state index contributed by atoms with van der Waals surface area (Å²) < 4.78 is 7.04. The van der Waals surface area contributed by atoms with Crippen molar-refractivity contribution in [3.8, 4) is 0 Å². The van der Waals surface area contributed by atoms with E-state index in [2.05, 4.69) is 37.5 Å². The number of tetrazole rings is 1. The Morgan fingerprint density at radius 2 is 1.82 bits per heavy atom. The first-order valence-electron chi connectivity index (χ1n) is 12.9. The maximum atomic E-state index is 13.7. The summed E-state index contributed by atoms with van der Waals surface area (Å²) in [4.78, 5) is 19.0. The summed E-state index contributed by atoms with van der Waals surface area (Å²) in [6.45, 7) is 4.15. The molecule has 0 saturated heterocycles. The number of fused-ring (bicyclic) bond motifs is 1. The van der Waals surface area contributed by atoms with Gasteiger partial charge in [0.2, 0.25) is 0 Å². The van der Waals surface area contributed by atoms with Crippen molar-refractivity contribution in [3.05, 3.63) is 122 Å². The van der Waals surface area contributed by atoms with E-state index >= 15 is 0 Å². The van der Waals surface area contributed by atoms with E-state index in [-0.39, 0.29) is 5.56 Å². The van der Waals surface area contributed by atoms with Crippen LogP contribution in [0.4, 0.5) is 0 Å². The Morgan fingerprint density at radius 1 is 1.03 bits per heavy atom. The zero-order chi connectivity index (χ0) is 27.2. The maximum Gasteiger partial charge on any atom is 0.253 e. The third-order valence-corrected chi connectivity index (χ3v) is 7.08. The largest absolute Gasteiger partial charge is 0.383 e. The van der Waals surface area contributed by atoms with Crippen molar-refractivity contribution >= 4 is 22.5 Å². The van der Waals surface area contributed by atoms with Crippen LogP contribution < -0.4 is 5.56 Å². The van der Waals surface area contributed by atoms with E-state index in [9.17, 15) is 4.79 Å². The van der Waals surface area contributed by atoms with Gasteiger partial charge in [-0.3, -0.25) is 9.69 Å². The lowest BCUT2D eigenvalue weighted by molar-refractivity contribution is 0.172. The van der Waals surface area contributed by atoms with Gasteiger partial charge in [-0.1, -0.05) is 66.2 Å². The molecule has 0 bridgehead atoms. The molecular formula is C30H31ClN6O2. The number of hydrogen-bond acceptors (Lipinski definition) is 6. The number of aromatic nitrogens is 5. The van der Waals surface area contributed by atoms with E-state index < -0.39 is 6.04 Å². The second-order valence-electron chi connectivity index (χ2n) is 9.63. The first-order chi connectivity index (χ1) is 19.0. The van der Waals surface area contributed by atoms with Gasteiger partial charge in [-0.15, -0.1) is 5.10 Å². The van der Waals surface area contributed by atoms with Crippen LogP contribution in [0.25, 0.3) is 10.9 Å². The Kier molecular flexibility index (Phi) is 8.46. The van der Waals surface area contributed by atoms with E-state index in [0.29, 0.717) is 42.7 Å². The molecule has 200 valence electrons. The average Bonchev–Trinajstić information content (AvgIpc) is 3.40. The van der Waals surface area contributed by atoms with Crippen molar-refractivity contribution < 1.29 is 4.74 Å². The fourth-order valence-electron chi connectivity index (χ4n) is 4.82. The Hall–Kier alpha value is -3.85. The smallest absolute Gasteiger partial charge is 0.253 e. The molecule has 0 amide bonds. The van der Waals surface area contributed by atoms with E-state index in [4.69, 9.17) is 16.3 Å². The van der Waals surface area contributed by atoms with Gasteiger partial charge in [-0.2, -0.15) is 0 Å². The molecule has 0 radical (unpaired) electrons. The molecule has 1 atom stereocenters. The molecule has 39 heavy (non-hydrogen) atoms. The number of halogens is 1. The number of hydrogen-bond donors (Lipinski definition) is 1. The molecule has 0 aliphatic carbocycles. The van der Waals surface area contributed by atoms with Crippen LogP contribution in [-0.2, 0) is 24.2 Å². The minimum absolute atomic E-state index is 0.166. The first kappa shape index (κ1) is 26.7. The number of ether oxygens (including phenoxy) is 1. The second kappa shape index (κ2) is 12.3. The summed E-state index contributed by atoms with van der Waals surface area (Å²) in [5.74, 6) is 0.589. The molecule has 9 heteroatoms. The standard InChI is InChI=1S/C30H31ClN6O2/c1-21-8-11-24-19-26(30(38)32-27(24)18-21)28(29-33-34-35-37(29)16-17-39-2)36(15-14-22-6-4-3-5-7-22)20-23-9-12-25(31)13-10-23/h3-13,18-19,28H,14-17,20H2,1-2H3,(H,32,38). The molecule has 0 aliphatic rings. The highest BCUT2D eigenvalue weighted by Gasteiger charge is 2.30. The van der Waals surface area contributed by atoms with E-state index in [0.717, 1.165) is 28.5 Å². The fraction of sp³-hybridized carbons (Fsp3) is 0.267. The molecular weight excluding hydrogens is 512 g/mol. The summed E-state index contributed by atoms with van der Waals surface area (Å²) in [5, 5.41) is 14.3. The van der Waals surface area contributed by atoms with Crippen LogP contribution in [0.5, 0.6) is 0 Å². The third-order valence-electron chi connectivity index (χ3n) is 6.83. The van der Waals surface area contributed by atoms with Gasteiger partial charge in [0.05, 0.1) is 13.2 Å². The first-order valence-corrected chi connectivity index (χ1v) is 13.3. The van der Waals surface area contributed by atoms with Crippen LogP contribution in [0.2, 0.25) is 5.02 Å². The monoisotopic (exact) mass is 542 g/mol. The summed E-state index contributed by atoms with van der Waals surface area (Å²) in [6.07, 6.45) is 0.787. The van der Waals surface area contributed by atoms with Crippen molar-refractivity contribution in [2.45, 2.75) is 32.5 Å². The molecule has 0 aliphatic heterocycles. The second-order valence-corrected chi connectivity index (χ2v) is 10.1. The summed E-state index contributed by atoms with van der Waals surface area (Å²) in [5.41, 5.74) is 4.58. The van der Waals surface area contributed by atoms with Crippen LogP contribution in [0.3, 0.4) is 0 Å². The summed E-state index contributed by atoms with van der Waals surface area (Å²) in [7, 11) is 1.64. The van der Waals surface area contributed by atoms with Crippen molar-refractivity contribution in [2.24, 2.45) is 0 Å². The van der Waals surface area contributed by atoms with Crippen LogP contribution in [0.1, 0.15) is 34.1 Å². The van der Waals surface area contributed by atoms with Crippen LogP contribution >= 0.6 is 11.6 Å². The van der Waals surface area contributed by atoms with Crippen molar-refractivity contribution in [2.75, 3.05) is 20.3 Å². The van der Waals surface area contributed by atoms with Gasteiger partial charge in [0.1, 0.15) is 6.04 Å². The Bertz CT molecular complexity index is 1580. The molecule has 5 aromatic rings. The SMILES string of the molecule is COCCn1nnnc1C(c1cc2ccc(C)cc2[nH]c1=O)N(CCc1ccccc1)Cc1ccc(Cl)cc1. The molecule has 1 unspecified atom stereocenters. The lowest BCUT2D eigenvalue weighted by Crippen LogP contribution is -2.36. The van der Waals surface area contributed by atoms with E-state index in [1.54, 1.807) is 11.8 Å². The van der Waals surface area contributed by atoms with Crippen molar-refractivity contribution in [3.63, 3.8) is 0 Å². The van der Waals surface area contributed by atoms with Crippen LogP contribution in [0.15, 0.2) is 83.7 Å². The number of aryl methyl sites for hydroxylation is 1. The molecule has 0 fully saturated rings. The minimum atomic E-state index is -0.509. The number of aromatic amines is 1. The van der Waals surface area contributed by atoms with Crippen molar-refractivity contribution in [1.82, 2.24) is 30.1 Å². The molecule has 3 aromatic carbocycles. The predicted molar refractivity (Wildman–Crippen MR) is 153 cm³/mol. The molecule has 8 nitrogen and oxygen atoms in total. The number of H-pyrrole nitrogens is 1. The molecule has 0 saturated carbocycles. The minimum Gasteiger partial charge on any atom is -0.383 e. The number of nitrogens with zero attached hydrogens (tertiary/aromatic N) is 5. The van der Waals surface area contributed by atoms with Crippen molar-refractivity contribution in [1.29, 1.82) is 0 Å². The lowest BCUT2D eigenvalue weighted by atomic mass is 10.0. The lowest BCUT2D eigenvalue weighted by Gasteiger charge is -2.31. The molecule has 2 heterocycles. The Labute approximate surface area is 232 Å². The maximum absolute atomic E-state index is 13.7. The summed E-state index contributed by atoms with van der Waals surface area (Å²) >= 11 is 6.18. The van der Waals surface area contributed by atoms with Gasteiger partial charge >= 0.3 is 0 Å². The van der Waals surface area contributed by atoms with Gasteiger partial charge in [0.25, 0.3) is 5.56 Å². The third kappa shape index (κ3) is 6.42. The fourth-order valence-corrected chi connectivity index (χ4v) is 4.95. The Balaban J connectivity index is 1.64. The van der Waals surface area contributed by atoms with E-state index in [1.807, 2.05) is 73.7 Å². The number of nitrogens with one attached hydrogen (secondary N) is 1. The van der Waals surface area contributed by atoms with E-state index in [1.165, 1.54) is 5.56 Å². The molecule has 2 aromatic heterocycles. The molecule has 0 spiro atoms. The zero-order valence-electron chi connectivity index (χ0n) is 22.0. The topological polar surface area (TPSA) is 88.9 Å². The van der Waals surface area contributed by atoms with Gasteiger partial charge in [0.15, 0.2) is 5.82 Å². The average molecular weight is 543 g/mol. The predicted octanol–water partition coefficient (Wildman–Crippen LogP) is 4.96. The quantitative estimate of drug-likeness (QED) is 0.254. The van der Waals surface area contributed by atoms with Gasteiger partial charge < -0.3 is 9.72 Å². The molecule has 1 N–H and O–H groups in total. The number of rotatable bonds is 11. The van der Waals surface area contributed by atoms with Gasteiger partial charge in [-0.25, -0.2) is 4.68 Å². The number of methoxy groups -OCH3 is 1. The van der Waals surface area contributed by atoms with Crippen LogP contribution in [0, 0.1) is 6.92 Å². The highest BCUT2D eigenvalue weighted by atomic mass is 35.5. The van der Waals surface area contributed by atoms with Gasteiger partial charge in [0, 0.05) is 36.3 Å². The highest BCUT2D eigenvalue weighted by Crippen LogP contribution is 2.29. The Morgan fingerprint density at radius 3 is 2.59 bits per heavy atom. The van der Waals surface area contributed by atoms with Gasteiger partial charge in [-0.05, 0) is 70.1 Å². The normalized spacial score (nSPS) is 12.3. The zero-order valence-corrected chi connectivity index (χ0v) is 22.8. The number of pyridine rings is 1.